The Labute approximate surface area is 143 Å². The van der Waals surface area contributed by atoms with Crippen molar-refractivity contribution in [2.75, 3.05) is 4.72 Å². The standard InChI is InChI=1S/C16H15FN2O5S/c1-10(15(18)20)24-16(21)11-2-6-13(7-3-11)19-25(22,23)14-8-4-12(17)5-9-14/h2-10,19H,1H3,(H2,18,20)/t10-/m0/s1. The minimum absolute atomic E-state index is 0.104. The molecule has 3 N–H and O–H groups in total. The van der Waals surface area contributed by atoms with E-state index in [9.17, 15) is 22.4 Å². The van der Waals surface area contributed by atoms with E-state index in [1.165, 1.54) is 31.2 Å². The van der Waals surface area contributed by atoms with Gasteiger partial charge in [-0.05, 0) is 55.5 Å². The van der Waals surface area contributed by atoms with Crippen molar-refractivity contribution in [2.24, 2.45) is 5.73 Å². The normalized spacial score (nSPS) is 12.2. The molecule has 0 saturated heterocycles. The number of halogens is 1. The number of anilines is 1. The number of benzene rings is 2. The second kappa shape index (κ2) is 7.31. The van der Waals surface area contributed by atoms with Crippen molar-refractivity contribution in [1.82, 2.24) is 0 Å². The van der Waals surface area contributed by atoms with Crippen molar-refractivity contribution >= 4 is 27.6 Å². The number of hydrogen-bond acceptors (Lipinski definition) is 5. The van der Waals surface area contributed by atoms with E-state index in [-0.39, 0.29) is 16.1 Å². The lowest BCUT2D eigenvalue weighted by Crippen LogP contribution is -2.30. The van der Waals surface area contributed by atoms with Crippen LogP contribution in [0, 0.1) is 5.82 Å². The molecule has 0 fully saturated rings. The Morgan fingerprint density at radius 1 is 1.08 bits per heavy atom. The molecule has 0 unspecified atom stereocenters. The molecule has 0 spiro atoms. The molecule has 0 aliphatic rings. The highest BCUT2D eigenvalue weighted by Crippen LogP contribution is 2.17. The van der Waals surface area contributed by atoms with Gasteiger partial charge in [0.1, 0.15) is 5.82 Å². The number of sulfonamides is 1. The maximum Gasteiger partial charge on any atom is 0.338 e. The van der Waals surface area contributed by atoms with Gasteiger partial charge >= 0.3 is 5.97 Å². The molecule has 1 amide bonds. The number of hydrogen-bond donors (Lipinski definition) is 2. The van der Waals surface area contributed by atoms with Crippen LogP contribution in [0.2, 0.25) is 0 Å². The van der Waals surface area contributed by atoms with Crippen LogP contribution in [0.15, 0.2) is 53.4 Å². The van der Waals surface area contributed by atoms with E-state index in [2.05, 4.69) is 4.72 Å². The molecule has 2 aromatic carbocycles. The molecule has 0 bridgehead atoms. The minimum Gasteiger partial charge on any atom is -0.449 e. The fourth-order valence-electron chi connectivity index (χ4n) is 1.79. The van der Waals surface area contributed by atoms with Gasteiger partial charge in [-0.25, -0.2) is 17.6 Å². The lowest BCUT2D eigenvalue weighted by Gasteiger charge is -2.11. The minimum atomic E-state index is -3.89. The predicted octanol–water partition coefficient (Wildman–Crippen LogP) is 1.66. The summed E-state index contributed by atoms with van der Waals surface area (Å²) in [6, 6.07) is 9.71. The maximum atomic E-state index is 12.9. The van der Waals surface area contributed by atoms with Crippen molar-refractivity contribution in [3.8, 4) is 0 Å². The molecule has 0 saturated carbocycles. The Kier molecular flexibility index (Phi) is 5.38. The first-order chi connectivity index (χ1) is 11.7. The van der Waals surface area contributed by atoms with Crippen LogP contribution >= 0.6 is 0 Å². The van der Waals surface area contributed by atoms with Gasteiger partial charge in [-0.3, -0.25) is 9.52 Å². The Bertz CT molecular complexity index is 880. The summed E-state index contributed by atoms with van der Waals surface area (Å²) in [6.45, 7) is 1.34. The summed E-state index contributed by atoms with van der Waals surface area (Å²) >= 11 is 0. The lowest BCUT2D eigenvalue weighted by molar-refractivity contribution is -0.125. The van der Waals surface area contributed by atoms with Crippen LogP contribution in [0.25, 0.3) is 0 Å². The molecule has 9 heteroatoms. The molecule has 2 rings (SSSR count). The van der Waals surface area contributed by atoms with Crippen molar-refractivity contribution in [2.45, 2.75) is 17.9 Å². The highest BCUT2D eigenvalue weighted by Gasteiger charge is 2.17. The molecule has 0 aliphatic heterocycles. The smallest absolute Gasteiger partial charge is 0.338 e. The van der Waals surface area contributed by atoms with Gasteiger partial charge < -0.3 is 10.5 Å². The van der Waals surface area contributed by atoms with Gasteiger partial charge in [0.15, 0.2) is 6.10 Å². The summed E-state index contributed by atoms with van der Waals surface area (Å²) in [7, 11) is -3.89. The maximum absolute atomic E-state index is 12.9. The number of nitrogens with two attached hydrogens (primary N) is 1. The van der Waals surface area contributed by atoms with E-state index in [4.69, 9.17) is 10.5 Å². The quantitative estimate of drug-likeness (QED) is 0.754. The molecule has 2 aromatic rings. The fourth-order valence-corrected chi connectivity index (χ4v) is 2.85. The van der Waals surface area contributed by atoms with Gasteiger partial charge in [0, 0.05) is 5.69 Å². The number of amides is 1. The van der Waals surface area contributed by atoms with E-state index in [1.54, 1.807) is 0 Å². The van der Waals surface area contributed by atoms with Crippen LogP contribution in [0.1, 0.15) is 17.3 Å². The van der Waals surface area contributed by atoms with Crippen molar-refractivity contribution in [3.63, 3.8) is 0 Å². The molecule has 132 valence electrons. The van der Waals surface area contributed by atoms with Gasteiger partial charge in [-0.2, -0.15) is 0 Å². The molecule has 7 nitrogen and oxygen atoms in total. The third kappa shape index (κ3) is 4.77. The van der Waals surface area contributed by atoms with Gasteiger partial charge in [0.25, 0.3) is 15.9 Å². The van der Waals surface area contributed by atoms with Crippen molar-refractivity contribution in [3.05, 3.63) is 59.9 Å². The van der Waals surface area contributed by atoms with Gasteiger partial charge in [0.05, 0.1) is 10.5 Å². The molecular weight excluding hydrogens is 351 g/mol. The number of carbonyl (C=O) groups is 2. The zero-order valence-corrected chi connectivity index (χ0v) is 13.9. The van der Waals surface area contributed by atoms with Gasteiger partial charge in [-0.15, -0.1) is 0 Å². The van der Waals surface area contributed by atoms with Crippen LogP contribution in [0.3, 0.4) is 0 Å². The average Bonchev–Trinajstić information content (AvgIpc) is 2.55. The second-order valence-corrected chi connectivity index (χ2v) is 6.77. The number of primary amides is 1. The fraction of sp³-hybridized carbons (Fsp3) is 0.125. The largest absolute Gasteiger partial charge is 0.449 e. The first kappa shape index (κ1) is 18.4. The summed E-state index contributed by atoms with van der Waals surface area (Å²) in [4.78, 5) is 22.6. The molecule has 0 heterocycles. The first-order valence-electron chi connectivity index (χ1n) is 7.08. The van der Waals surface area contributed by atoms with Gasteiger partial charge in [-0.1, -0.05) is 0 Å². The first-order valence-corrected chi connectivity index (χ1v) is 8.56. The molecule has 1 atom stereocenters. The van der Waals surface area contributed by atoms with Crippen LogP contribution < -0.4 is 10.5 Å². The molecule has 0 aliphatic carbocycles. The van der Waals surface area contributed by atoms with Crippen LogP contribution in [-0.4, -0.2) is 26.4 Å². The predicted molar refractivity (Wildman–Crippen MR) is 87.7 cm³/mol. The van der Waals surface area contributed by atoms with Crippen LogP contribution in [0.5, 0.6) is 0 Å². The zero-order valence-electron chi connectivity index (χ0n) is 13.1. The number of nitrogens with one attached hydrogen (secondary N) is 1. The van der Waals surface area contributed by atoms with E-state index < -0.39 is 33.8 Å². The summed E-state index contributed by atoms with van der Waals surface area (Å²) < 4.78 is 44.4. The third-order valence-electron chi connectivity index (χ3n) is 3.18. The van der Waals surface area contributed by atoms with E-state index >= 15 is 0 Å². The summed E-state index contributed by atoms with van der Waals surface area (Å²) in [5.74, 6) is -2.09. The van der Waals surface area contributed by atoms with E-state index in [1.807, 2.05) is 0 Å². The van der Waals surface area contributed by atoms with Crippen LogP contribution in [-0.2, 0) is 19.6 Å². The monoisotopic (exact) mass is 366 g/mol. The summed E-state index contributed by atoms with van der Waals surface area (Å²) in [5, 5.41) is 0. The topological polar surface area (TPSA) is 116 Å². The van der Waals surface area contributed by atoms with Gasteiger partial charge in [0.2, 0.25) is 0 Å². The zero-order chi connectivity index (χ0) is 18.6. The molecule has 0 radical (unpaired) electrons. The number of carbonyl (C=O) groups excluding carboxylic acids is 2. The highest BCUT2D eigenvalue weighted by molar-refractivity contribution is 7.92. The molecule has 0 aromatic heterocycles. The summed E-state index contributed by atoms with van der Waals surface area (Å²) in [6.07, 6.45) is -1.08. The Balaban J connectivity index is 2.11. The molecular formula is C16H15FN2O5S. The van der Waals surface area contributed by atoms with E-state index in [0.717, 1.165) is 24.3 Å². The lowest BCUT2D eigenvalue weighted by atomic mass is 10.2. The summed E-state index contributed by atoms with van der Waals surface area (Å²) in [5.41, 5.74) is 5.33. The Morgan fingerprint density at radius 3 is 2.16 bits per heavy atom. The molecule has 25 heavy (non-hydrogen) atoms. The highest BCUT2D eigenvalue weighted by atomic mass is 32.2. The Morgan fingerprint density at radius 2 is 1.64 bits per heavy atom. The van der Waals surface area contributed by atoms with Crippen LogP contribution in [0.4, 0.5) is 10.1 Å². The van der Waals surface area contributed by atoms with Crippen molar-refractivity contribution in [1.29, 1.82) is 0 Å². The third-order valence-corrected chi connectivity index (χ3v) is 4.58. The number of rotatable bonds is 6. The SMILES string of the molecule is C[C@H](OC(=O)c1ccc(NS(=O)(=O)c2ccc(F)cc2)cc1)C(N)=O. The Hall–Kier alpha value is -2.94. The van der Waals surface area contributed by atoms with Crippen molar-refractivity contribution < 1.29 is 27.1 Å². The number of ether oxygens (including phenoxy) is 1. The van der Waals surface area contributed by atoms with E-state index in [0.29, 0.717) is 0 Å². The number of esters is 1. The average molecular weight is 366 g/mol. The second-order valence-electron chi connectivity index (χ2n) is 5.09.